The highest BCUT2D eigenvalue weighted by Crippen LogP contribution is 2.28. The quantitative estimate of drug-likeness (QED) is 0.563. The third kappa shape index (κ3) is 4.43. The average Bonchev–Trinajstić information content (AvgIpc) is 2.96. The van der Waals surface area contributed by atoms with Crippen LogP contribution in [0, 0.1) is 0 Å². The summed E-state index contributed by atoms with van der Waals surface area (Å²) in [6.45, 7) is 2.49. The number of aryl methyl sites for hydroxylation is 1. The highest BCUT2D eigenvalue weighted by molar-refractivity contribution is 6.05. The van der Waals surface area contributed by atoms with Gasteiger partial charge in [-0.15, -0.1) is 0 Å². The van der Waals surface area contributed by atoms with E-state index >= 15 is 0 Å². The first-order valence-corrected chi connectivity index (χ1v) is 9.77. The van der Waals surface area contributed by atoms with Crippen LogP contribution in [0.15, 0.2) is 18.2 Å². The molecule has 3 rings (SSSR count). The summed E-state index contributed by atoms with van der Waals surface area (Å²) in [4.78, 5) is 49.6. The molecule has 1 N–H and O–H groups in total. The van der Waals surface area contributed by atoms with Crippen LogP contribution in [0.3, 0.4) is 0 Å². The summed E-state index contributed by atoms with van der Waals surface area (Å²) >= 11 is 0. The Labute approximate surface area is 159 Å². The molecule has 1 saturated heterocycles. The number of nitrogens with zero attached hydrogens (tertiary/aromatic N) is 1. The van der Waals surface area contributed by atoms with Crippen molar-refractivity contribution in [1.29, 1.82) is 0 Å². The number of Topliss-reactive ketones (excluding diaryl/α,β-unsaturated/α-hetero) is 1. The van der Waals surface area contributed by atoms with Gasteiger partial charge in [0, 0.05) is 31.4 Å². The fourth-order valence-corrected chi connectivity index (χ4v) is 3.76. The van der Waals surface area contributed by atoms with Crippen molar-refractivity contribution < 1.29 is 19.2 Å². The molecule has 2 heterocycles. The largest absolute Gasteiger partial charge is 0.322 e. The zero-order chi connectivity index (χ0) is 19.4. The Kier molecular flexibility index (Phi) is 6.04. The molecule has 1 aromatic carbocycles. The molecule has 0 bridgehead atoms. The van der Waals surface area contributed by atoms with Crippen molar-refractivity contribution in [3.8, 4) is 0 Å². The summed E-state index contributed by atoms with van der Waals surface area (Å²) in [7, 11) is 0. The topological polar surface area (TPSA) is 83.6 Å². The van der Waals surface area contributed by atoms with Crippen LogP contribution in [0.25, 0.3) is 0 Å². The summed E-state index contributed by atoms with van der Waals surface area (Å²) in [5.41, 5.74) is 2.54. The molecule has 1 fully saturated rings. The molecular formula is C21H26N2O4. The molecule has 0 saturated carbocycles. The molecule has 2 aliphatic rings. The molecule has 2 aliphatic heterocycles. The number of carbonyl (C=O) groups excluding carboxylic acids is 4. The number of rotatable bonds is 8. The van der Waals surface area contributed by atoms with Crippen molar-refractivity contribution in [1.82, 2.24) is 10.2 Å². The number of carbonyl (C=O) groups is 4. The number of benzene rings is 1. The van der Waals surface area contributed by atoms with Gasteiger partial charge in [0.25, 0.3) is 5.91 Å². The van der Waals surface area contributed by atoms with Crippen molar-refractivity contribution in [2.75, 3.05) is 0 Å². The summed E-state index contributed by atoms with van der Waals surface area (Å²) in [5.74, 6) is -0.566. The SMILES string of the molecule is CCCCCC(=O)CCc1ccc2c(c1)CN(C1CCC(=O)NC1=O)C2=O. The van der Waals surface area contributed by atoms with Crippen LogP contribution in [0.2, 0.25) is 0 Å². The van der Waals surface area contributed by atoms with Crippen LogP contribution in [-0.4, -0.2) is 34.4 Å². The Morgan fingerprint density at radius 2 is 2.00 bits per heavy atom. The zero-order valence-electron chi connectivity index (χ0n) is 15.8. The van der Waals surface area contributed by atoms with Gasteiger partial charge in [-0.3, -0.25) is 24.5 Å². The monoisotopic (exact) mass is 370 g/mol. The lowest BCUT2D eigenvalue weighted by Crippen LogP contribution is -2.52. The number of ketones is 1. The second kappa shape index (κ2) is 8.46. The van der Waals surface area contributed by atoms with Crippen LogP contribution < -0.4 is 5.32 Å². The predicted octanol–water partition coefficient (Wildman–Crippen LogP) is 2.53. The second-order valence-electron chi connectivity index (χ2n) is 7.39. The number of hydrogen-bond donors (Lipinski definition) is 1. The van der Waals surface area contributed by atoms with Gasteiger partial charge in [-0.1, -0.05) is 31.9 Å². The van der Waals surface area contributed by atoms with Gasteiger partial charge in [0.05, 0.1) is 0 Å². The van der Waals surface area contributed by atoms with Crippen LogP contribution in [0.1, 0.15) is 73.4 Å². The summed E-state index contributed by atoms with van der Waals surface area (Å²) in [5, 5.41) is 2.31. The Morgan fingerprint density at radius 1 is 1.19 bits per heavy atom. The van der Waals surface area contributed by atoms with E-state index in [0.717, 1.165) is 30.4 Å². The molecule has 27 heavy (non-hydrogen) atoms. The van der Waals surface area contributed by atoms with Gasteiger partial charge in [-0.25, -0.2) is 0 Å². The van der Waals surface area contributed by atoms with Gasteiger partial charge in [0.2, 0.25) is 11.8 Å². The molecule has 1 unspecified atom stereocenters. The normalized spacial score (nSPS) is 19.2. The number of amides is 3. The van der Waals surface area contributed by atoms with Gasteiger partial charge < -0.3 is 4.90 Å². The highest BCUT2D eigenvalue weighted by atomic mass is 16.2. The van der Waals surface area contributed by atoms with Crippen molar-refractivity contribution in [3.05, 3.63) is 34.9 Å². The summed E-state index contributed by atoms with van der Waals surface area (Å²) < 4.78 is 0. The second-order valence-corrected chi connectivity index (χ2v) is 7.39. The van der Waals surface area contributed by atoms with Crippen LogP contribution in [-0.2, 0) is 27.3 Å². The van der Waals surface area contributed by atoms with Crippen molar-refractivity contribution in [3.63, 3.8) is 0 Å². The van der Waals surface area contributed by atoms with Crippen molar-refractivity contribution >= 4 is 23.5 Å². The van der Waals surface area contributed by atoms with Crippen LogP contribution in [0.4, 0.5) is 0 Å². The van der Waals surface area contributed by atoms with E-state index in [1.54, 1.807) is 11.0 Å². The van der Waals surface area contributed by atoms with Crippen LogP contribution in [0.5, 0.6) is 0 Å². The minimum absolute atomic E-state index is 0.165. The Hall–Kier alpha value is -2.50. The lowest BCUT2D eigenvalue weighted by molar-refractivity contribution is -0.137. The molecule has 6 nitrogen and oxygen atoms in total. The lowest BCUT2D eigenvalue weighted by atomic mass is 10.0. The number of nitrogens with one attached hydrogen (secondary N) is 1. The van der Waals surface area contributed by atoms with Crippen LogP contribution >= 0.6 is 0 Å². The maximum atomic E-state index is 12.7. The van der Waals surface area contributed by atoms with Gasteiger partial charge in [-0.2, -0.15) is 0 Å². The van der Waals surface area contributed by atoms with E-state index in [9.17, 15) is 19.2 Å². The zero-order valence-corrected chi connectivity index (χ0v) is 15.8. The lowest BCUT2D eigenvalue weighted by Gasteiger charge is -2.29. The molecule has 0 radical (unpaired) electrons. The highest BCUT2D eigenvalue weighted by Gasteiger charge is 2.38. The number of unbranched alkanes of at least 4 members (excludes halogenated alkanes) is 2. The van der Waals surface area contributed by atoms with E-state index in [1.165, 1.54) is 0 Å². The fraction of sp³-hybridized carbons (Fsp3) is 0.524. The number of imide groups is 1. The standard InChI is InChI=1S/C21H26N2O4/c1-2-3-4-5-16(24)8-6-14-7-9-17-15(12-14)13-23(21(17)27)18-10-11-19(25)22-20(18)26/h7,9,12,18H,2-6,8,10-11,13H2,1H3,(H,22,25,26). The molecule has 144 valence electrons. The molecule has 3 amide bonds. The van der Waals surface area contributed by atoms with Gasteiger partial charge in [0.15, 0.2) is 0 Å². The smallest absolute Gasteiger partial charge is 0.255 e. The summed E-state index contributed by atoms with van der Waals surface area (Å²) in [6, 6.07) is 5.06. The van der Waals surface area contributed by atoms with E-state index in [4.69, 9.17) is 0 Å². The predicted molar refractivity (Wildman–Crippen MR) is 100.0 cm³/mol. The maximum absolute atomic E-state index is 12.7. The maximum Gasteiger partial charge on any atom is 0.255 e. The molecule has 1 atom stereocenters. The van der Waals surface area contributed by atoms with E-state index in [-0.39, 0.29) is 24.0 Å². The Morgan fingerprint density at radius 3 is 2.74 bits per heavy atom. The first-order chi connectivity index (χ1) is 13.0. The molecule has 0 aliphatic carbocycles. The molecule has 6 heteroatoms. The van der Waals surface area contributed by atoms with E-state index in [1.807, 2.05) is 12.1 Å². The van der Waals surface area contributed by atoms with Gasteiger partial charge in [0.1, 0.15) is 11.8 Å². The first kappa shape index (κ1) is 19.3. The number of fused-ring (bicyclic) bond motifs is 1. The minimum Gasteiger partial charge on any atom is -0.322 e. The molecule has 1 aromatic rings. The number of piperidine rings is 1. The average molecular weight is 370 g/mol. The van der Waals surface area contributed by atoms with Crippen molar-refractivity contribution in [2.24, 2.45) is 0 Å². The Balaban J connectivity index is 1.61. The minimum atomic E-state index is -0.591. The first-order valence-electron chi connectivity index (χ1n) is 9.77. The van der Waals surface area contributed by atoms with Crippen molar-refractivity contribution in [2.45, 2.75) is 70.9 Å². The third-order valence-electron chi connectivity index (χ3n) is 5.34. The third-order valence-corrected chi connectivity index (χ3v) is 5.34. The fourth-order valence-electron chi connectivity index (χ4n) is 3.76. The molecule has 0 spiro atoms. The molecular weight excluding hydrogens is 344 g/mol. The van der Waals surface area contributed by atoms with E-state index in [0.29, 0.717) is 37.8 Å². The van der Waals surface area contributed by atoms with E-state index in [2.05, 4.69) is 12.2 Å². The summed E-state index contributed by atoms with van der Waals surface area (Å²) in [6.07, 6.45) is 5.60. The molecule has 0 aromatic heterocycles. The van der Waals surface area contributed by atoms with E-state index < -0.39 is 11.9 Å². The Bertz CT molecular complexity index is 771. The van der Waals surface area contributed by atoms with Gasteiger partial charge in [-0.05, 0) is 36.5 Å². The number of hydrogen-bond acceptors (Lipinski definition) is 4. The van der Waals surface area contributed by atoms with Gasteiger partial charge >= 0.3 is 0 Å².